The van der Waals surface area contributed by atoms with E-state index in [0.717, 1.165) is 17.6 Å². The lowest BCUT2D eigenvalue weighted by Crippen LogP contribution is -2.05. The zero-order valence-corrected chi connectivity index (χ0v) is 10.2. The highest BCUT2D eigenvalue weighted by Gasteiger charge is 2.30. The van der Waals surface area contributed by atoms with Crippen LogP contribution in [0.1, 0.15) is 5.56 Å². The van der Waals surface area contributed by atoms with Gasteiger partial charge in [-0.2, -0.15) is 13.2 Å². The molecule has 0 aliphatic heterocycles. The monoisotopic (exact) mass is 277 g/mol. The number of aromatic nitrogens is 2. The van der Waals surface area contributed by atoms with Crippen molar-refractivity contribution in [1.82, 2.24) is 9.38 Å². The van der Waals surface area contributed by atoms with E-state index in [1.165, 1.54) is 6.07 Å². The molecule has 3 nitrogen and oxygen atoms in total. The number of hydrogen-bond donors (Lipinski definition) is 1. The van der Waals surface area contributed by atoms with Crippen molar-refractivity contribution in [2.75, 3.05) is 5.73 Å². The summed E-state index contributed by atoms with van der Waals surface area (Å²) in [6.07, 6.45) is -2.80. The Morgan fingerprint density at radius 3 is 2.55 bits per heavy atom. The molecule has 0 atom stereocenters. The van der Waals surface area contributed by atoms with Crippen LogP contribution in [0.25, 0.3) is 16.9 Å². The molecule has 20 heavy (non-hydrogen) atoms. The number of nitrogen functional groups attached to an aromatic ring is 1. The molecular weight excluding hydrogens is 267 g/mol. The number of pyridine rings is 1. The summed E-state index contributed by atoms with van der Waals surface area (Å²) < 4.78 is 39.9. The molecule has 0 aliphatic rings. The van der Waals surface area contributed by atoms with E-state index < -0.39 is 11.7 Å². The van der Waals surface area contributed by atoms with Crippen LogP contribution in [0.3, 0.4) is 0 Å². The van der Waals surface area contributed by atoms with Gasteiger partial charge in [-0.15, -0.1) is 0 Å². The topological polar surface area (TPSA) is 43.3 Å². The highest BCUT2D eigenvalue weighted by molar-refractivity contribution is 5.66. The molecule has 2 heterocycles. The van der Waals surface area contributed by atoms with Crippen molar-refractivity contribution in [1.29, 1.82) is 0 Å². The first kappa shape index (κ1) is 12.5. The molecule has 0 aliphatic carbocycles. The normalized spacial score (nSPS) is 11.9. The maximum atomic E-state index is 12.8. The van der Waals surface area contributed by atoms with Crippen LogP contribution in [0.4, 0.5) is 19.0 Å². The lowest BCUT2D eigenvalue weighted by molar-refractivity contribution is -0.137. The molecule has 3 aromatic rings. The van der Waals surface area contributed by atoms with E-state index in [1.807, 2.05) is 0 Å². The number of nitrogens with two attached hydrogens (primary N) is 1. The fourth-order valence-electron chi connectivity index (χ4n) is 2.11. The standard InChI is InChI=1S/C14H10F3N3/c15-14(16,17)10-4-1-3-9(7-10)13-19-8-11-5-2-6-12(18)20(11)13/h1-8H,18H2. The predicted octanol–water partition coefficient (Wildman–Crippen LogP) is 3.60. The second kappa shape index (κ2) is 4.26. The first-order valence-electron chi connectivity index (χ1n) is 5.86. The number of hydrogen-bond acceptors (Lipinski definition) is 2. The van der Waals surface area contributed by atoms with Crippen LogP contribution in [0.15, 0.2) is 48.7 Å². The second-order valence-electron chi connectivity index (χ2n) is 4.37. The Balaban J connectivity index is 2.22. The van der Waals surface area contributed by atoms with Gasteiger partial charge in [-0.1, -0.05) is 18.2 Å². The molecule has 0 spiro atoms. The number of halogens is 3. The van der Waals surface area contributed by atoms with Crippen molar-refractivity contribution in [3.05, 3.63) is 54.2 Å². The van der Waals surface area contributed by atoms with Gasteiger partial charge in [0.25, 0.3) is 0 Å². The van der Waals surface area contributed by atoms with Gasteiger partial charge in [0.15, 0.2) is 0 Å². The minimum atomic E-state index is -4.38. The Bertz CT molecular complexity index is 775. The molecule has 102 valence electrons. The van der Waals surface area contributed by atoms with Crippen LogP contribution in [0, 0.1) is 0 Å². The summed E-state index contributed by atoms with van der Waals surface area (Å²) in [6.45, 7) is 0. The lowest BCUT2D eigenvalue weighted by Gasteiger charge is -2.09. The highest BCUT2D eigenvalue weighted by Crippen LogP contribution is 2.32. The van der Waals surface area contributed by atoms with Gasteiger partial charge in [-0.25, -0.2) is 4.98 Å². The van der Waals surface area contributed by atoms with E-state index in [1.54, 1.807) is 34.9 Å². The number of anilines is 1. The first-order chi connectivity index (χ1) is 9.47. The van der Waals surface area contributed by atoms with Gasteiger partial charge in [0.05, 0.1) is 17.3 Å². The van der Waals surface area contributed by atoms with E-state index >= 15 is 0 Å². The van der Waals surface area contributed by atoms with Crippen LogP contribution in [-0.4, -0.2) is 9.38 Å². The Hall–Kier alpha value is -2.50. The maximum Gasteiger partial charge on any atom is 0.416 e. The summed E-state index contributed by atoms with van der Waals surface area (Å²) in [4.78, 5) is 4.17. The summed E-state index contributed by atoms with van der Waals surface area (Å²) in [7, 11) is 0. The predicted molar refractivity (Wildman–Crippen MR) is 70.0 cm³/mol. The SMILES string of the molecule is Nc1cccc2cnc(-c3cccc(C(F)(F)F)c3)n12. The first-order valence-corrected chi connectivity index (χ1v) is 5.86. The molecule has 0 fully saturated rings. The molecule has 1 aromatic carbocycles. The van der Waals surface area contributed by atoms with Crippen molar-refractivity contribution < 1.29 is 13.2 Å². The third-order valence-electron chi connectivity index (χ3n) is 3.03. The average molecular weight is 277 g/mol. The smallest absolute Gasteiger partial charge is 0.385 e. The number of nitrogens with zero attached hydrogens (tertiary/aromatic N) is 2. The molecule has 0 radical (unpaired) electrons. The number of alkyl halides is 3. The van der Waals surface area contributed by atoms with E-state index in [2.05, 4.69) is 4.98 Å². The number of fused-ring (bicyclic) bond motifs is 1. The lowest BCUT2D eigenvalue weighted by atomic mass is 10.1. The number of rotatable bonds is 1. The average Bonchev–Trinajstić information content (AvgIpc) is 2.83. The van der Waals surface area contributed by atoms with Gasteiger partial charge in [0.2, 0.25) is 0 Å². The fourth-order valence-corrected chi connectivity index (χ4v) is 2.11. The number of benzene rings is 1. The van der Waals surface area contributed by atoms with E-state index in [9.17, 15) is 13.2 Å². The summed E-state index contributed by atoms with van der Waals surface area (Å²) in [5.41, 5.74) is 6.26. The molecular formula is C14H10F3N3. The van der Waals surface area contributed by atoms with Crippen LogP contribution in [-0.2, 0) is 6.18 Å². The van der Waals surface area contributed by atoms with E-state index in [0.29, 0.717) is 17.2 Å². The van der Waals surface area contributed by atoms with Gasteiger partial charge < -0.3 is 5.73 Å². The van der Waals surface area contributed by atoms with Gasteiger partial charge in [0.1, 0.15) is 11.6 Å². The van der Waals surface area contributed by atoms with Crippen molar-refractivity contribution in [2.45, 2.75) is 6.18 Å². The van der Waals surface area contributed by atoms with Crippen LogP contribution in [0.5, 0.6) is 0 Å². The van der Waals surface area contributed by atoms with Gasteiger partial charge in [0, 0.05) is 5.56 Å². The zero-order chi connectivity index (χ0) is 14.3. The van der Waals surface area contributed by atoms with Crippen molar-refractivity contribution in [2.24, 2.45) is 0 Å². The van der Waals surface area contributed by atoms with Crippen molar-refractivity contribution >= 4 is 11.3 Å². The van der Waals surface area contributed by atoms with E-state index in [-0.39, 0.29) is 0 Å². The molecule has 2 aromatic heterocycles. The Morgan fingerprint density at radius 2 is 1.80 bits per heavy atom. The minimum Gasteiger partial charge on any atom is -0.385 e. The quantitative estimate of drug-likeness (QED) is 0.738. The Kier molecular flexibility index (Phi) is 2.67. The molecule has 3 rings (SSSR count). The molecule has 0 saturated heterocycles. The Labute approximate surface area is 112 Å². The maximum absolute atomic E-state index is 12.8. The van der Waals surface area contributed by atoms with Gasteiger partial charge in [-0.3, -0.25) is 4.40 Å². The fraction of sp³-hybridized carbons (Fsp3) is 0.0714. The third-order valence-corrected chi connectivity index (χ3v) is 3.03. The van der Waals surface area contributed by atoms with E-state index in [4.69, 9.17) is 5.73 Å². The second-order valence-corrected chi connectivity index (χ2v) is 4.37. The van der Waals surface area contributed by atoms with Crippen LogP contribution in [0.2, 0.25) is 0 Å². The minimum absolute atomic E-state index is 0.373. The molecule has 0 bridgehead atoms. The summed E-state index contributed by atoms with van der Waals surface area (Å²) >= 11 is 0. The summed E-state index contributed by atoms with van der Waals surface area (Å²) in [5.74, 6) is 0.816. The third kappa shape index (κ3) is 1.99. The largest absolute Gasteiger partial charge is 0.416 e. The molecule has 0 saturated carbocycles. The summed E-state index contributed by atoms with van der Waals surface area (Å²) in [6, 6.07) is 10.3. The van der Waals surface area contributed by atoms with Gasteiger partial charge in [-0.05, 0) is 24.3 Å². The molecule has 6 heteroatoms. The Morgan fingerprint density at radius 1 is 1.05 bits per heavy atom. The van der Waals surface area contributed by atoms with Crippen molar-refractivity contribution in [3.8, 4) is 11.4 Å². The highest BCUT2D eigenvalue weighted by atomic mass is 19.4. The summed E-state index contributed by atoms with van der Waals surface area (Å²) in [5, 5.41) is 0. The van der Waals surface area contributed by atoms with Crippen molar-refractivity contribution in [3.63, 3.8) is 0 Å². The van der Waals surface area contributed by atoms with Crippen LogP contribution < -0.4 is 5.73 Å². The molecule has 0 amide bonds. The van der Waals surface area contributed by atoms with Crippen LogP contribution >= 0.6 is 0 Å². The zero-order valence-electron chi connectivity index (χ0n) is 10.2. The molecule has 2 N–H and O–H groups in total. The van der Waals surface area contributed by atoms with Gasteiger partial charge >= 0.3 is 6.18 Å². The number of imidazole rings is 1. The molecule has 0 unspecified atom stereocenters.